The molecule has 0 amide bonds. The summed E-state index contributed by atoms with van der Waals surface area (Å²) in [6.45, 7) is 8.66. The SMILES string of the molecule is Cc1cc(C)c(C)c(C(=O)CSc2nnc3n(Cc4ccc(F)cc4)c4ccccc4n23)c1C. The number of Topliss-reactive ketones (excluding diaryl/α,β-unsaturated/α-hetero) is 1. The molecule has 0 aliphatic carbocycles. The van der Waals surface area contributed by atoms with Crippen molar-refractivity contribution in [1.82, 2.24) is 19.2 Å². The van der Waals surface area contributed by atoms with Gasteiger partial charge in [0.05, 0.1) is 23.3 Å². The van der Waals surface area contributed by atoms with Gasteiger partial charge in [-0.25, -0.2) is 4.39 Å². The summed E-state index contributed by atoms with van der Waals surface area (Å²) in [6.07, 6.45) is 0. The lowest BCUT2D eigenvalue weighted by Gasteiger charge is -2.14. The molecule has 5 rings (SSSR count). The smallest absolute Gasteiger partial charge is 0.237 e. The summed E-state index contributed by atoms with van der Waals surface area (Å²) in [7, 11) is 0. The van der Waals surface area contributed by atoms with Crippen molar-refractivity contribution in [2.24, 2.45) is 0 Å². The zero-order valence-electron chi connectivity index (χ0n) is 19.6. The Morgan fingerprint density at radius 3 is 2.24 bits per heavy atom. The Kier molecular flexibility index (Phi) is 5.73. The number of benzene rings is 3. The maximum atomic E-state index is 13.4. The minimum Gasteiger partial charge on any atom is -0.304 e. The number of hydrogen-bond donors (Lipinski definition) is 0. The van der Waals surface area contributed by atoms with E-state index in [1.54, 1.807) is 12.1 Å². The highest BCUT2D eigenvalue weighted by atomic mass is 32.2. The van der Waals surface area contributed by atoms with Crippen LogP contribution in [0.5, 0.6) is 0 Å². The second-order valence-electron chi connectivity index (χ2n) is 8.67. The van der Waals surface area contributed by atoms with Crippen LogP contribution in [0.3, 0.4) is 0 Å². The Hall–Kier alpha value is -3.45. The molecule has 0 fully saturated rings. The molecular weight excluding hydrogens is 447 g/mol. The van der Waals surface area contributed by atoms with E-state index in [0.717, 1.165) is 44.4 Å². The number of ketones is 1. The Morgan fingerprint density at radius 2 is 1.56 bits per heavy atom. The minimum absolute atomic E-state index is 0.0959. The van der Waals surface area contributed by atoms with Crippen LogP contribution in [-0.2, 0) is 6.54 Å². The predicted molar refractivity (Wildman–Crippen MR) is 134 cm³/mol. The molecule has 0 saturated heterocycles. The third-order valence-electron chi connectivity index (χ3n) is 6.50. The molecule has 172 valence electrons. The first kappa shape index (κ1) is 22.3. The molecule has 5 aromatic rings. The number of aryl methyl sites for hydroxylation is 2. The molecule has 0 bridgehead atoms. The predicted octanol–water partition coefficient (Wildman–Crippen LogP) is 6.08. The van der Waals surface area contributed by atoms with Crippen LogP contribution in [0.4, 0.5) is 4.39 Å². The first-order valence-electron chi connectivity index (χ1n) is 11.2. The average molecular weight is 473 g/mol. The summed E-state index contributed by atoms with van der Waals surface area (Å²) in [5, 5.41) is 9.54. The number of carbonyl (C=O) groups excluding carboxylic acids is 1. The van der Waals surface area contributed by atoms with Gasteiger partial charge in [0.25, 0.3) is 0 Å². The maximum absolute atomic E-state index is 13.4. The van der Waals surface area contributed by atoms with Crippen LogP contribution in [-0.4, -0.2) is 30.7 Å². The molecule has 0 N–H and O–H groups in total. The zero-order chi connectivity index (χ0) is 24.0. The highest BCUT2D eigenvalue weighted by Gasteiger charge is 2.20. The van der Waals surface area contributed by atoms with Crippen LogP contribution in [0.2, 0.25) is 0 Å². The van der Waals surface area contributed by atoms with Gasteiger partial charge in [-0.2, -0.15) is 0 Å². The third kappa shape index (κ3) is 3.80. The Balaban J connectivity index is 1.50. The second-order valence-corrected chi connectivity index (χ2v) is 9.61. The standard InChI is InChI=1S/C27H25FN4OS/c1-16-13-17(2)19(4)25(18(16)3)24(33)15-34-27-30-29-26-31(14-20-9-11-21(28)12-10-20)22-7-5-6-8-23(22)32(26)27/h5-13H,14-15H2,1-4H3. The number of hydrogen-bond acceptors (Lipinski definition) is 4. The second kappa shape index (κ2) is 8.72. The number of imidazole rings is 1. The average Bonchev–Trinajstić information content (AvgIpc) is 3.37. The third-order valence-corrected chi connectivity index (χ3v) is 7.43. The molecule has 0 radical (unpaired) electrons. The van der Waals surface area contributed by atoms with E-state index in [0.29, 0.717) is 17.5 Å². The summed E-state index contributed by atoms with van der Waals surface area (Å²) in [6, 6.07) is 16.6. The number of carbonyl (C=O) groups is 1. The summed E-state index contributed by atoms with van der Waals surface area (Å²) >= 11 is 1.40. The number of nitrogens with zero attached hydrogens (tertiary/aromatic N) is 4. The van der Waals surface area contributed by atoms with Gasteiger partial charge in [0.2, 0.25) is 5.78 Å². The quantitative estimate of drug-likeness (QED) is 0.222. The molecule has 0 aliphatic heterocycles. The van der Waals surface area contributed by atoms with Crippen LogP contribution in [0.15, 0.2) is 59.8 Å². The molecule has 0 atom stereocenters. The lowest BCUT2D eigenvalue weighted by Crippen LogP contribution is -2.10. The molecule has 0 spiro atoms. The van der Waals surface area contributed by atoms with Crippen molar-refractivity contribution in [3.8, 4) is 0 Å². The topological polar surface area (TPSA) is 52.2 Å². The van der Waals surface area contributed by atoms with Crippen LogP contribution in [0, 0.1) is 33.5 Å². The van der Waals surface area contributed by atoms with E-state index >= 15 is 0 Å². The summed E-state index contributed by atoms with van der Waals surface area (Å²) in [5.74, 6) is 0.812. The van der Waals surface area contributed by atoms with Gasteiger partial charge in [0, 0.05) is 5.56 Å². The molecule has 0 unspecified atom stereocenters. The molecule has 2 aromatic heterocycles. The molecule has 7 heteroatoms. The normalized spacial score (nSPS) is 11.6. The van der Waals surface area contributed by atoms with Gasteiger partial charge in [0.1, 0.15) is 5.82 Å². The van der Waals surface area contributed by atoms with E-state index in [2.05, 4.69) is 20.8 Å². The van der Waals surface area contributed by atoms with Crippen LogP contribution in [0.1, 0.15) is 38.2 Å². The Morgan fingerprint density at radius 1 is 0.912 bits per heavy atom. The van der Waals surface area contributed by atoms with Gasteiger partial charge < -0.3 is 4.57 Å². The van der Waals surface area contributed by atoms with Crippen molar-refractivity contribution in [3.05, 3.63) is 93.8 Å². The molecular formula is C27H25FN4OS. The first-order valence-corrected chi connectivity index (χ1v) is 12.1. The van der Waals surface area contributed by atoms with E-state index in [1.165, 1.54) is 23.9 Å². The van der Waals surface area contributed by atoms with Crippen molar-refractivity contribution < 1.29 is 9.18 Å². The lowest BCUT2D eigenvalue weighted by atomic mass is 9.92. The molecule has 3 aromatic carbocycles. The van der Waals surface area contributed by atoms with E-state index in [-0.39, 0.29) is 17.4 Å². The highest BCUT2D eigenvalue weighted by molar-refractivity contribution is 7.99. The van der Waals surface area contributed by atoms with Crippen molar-refractivity contribution in [2.75, 3.05) is 5.75 Å². The molecule has 2 heterocycles. The van der Waals surface area contributed by atoms with Gasteiger partial charge in [-0.05, 0) is 79.8 Å². The Bertz CT molecular complexity index is 1520. The fraction of sp³-hybridized carbons (Fsp3) is 0.222. The fourth-order valence-corrected chi connectivity index (χ4v) is 5.31. The lowest BCUT2D eigenvalue weighted by molar-refractivity contribution is 0.102. The summed E-state index contributed by atoms with van der Waals surface area (Å²) in [4.78, 5) is 13.2. The Labute approximate surface area is 201 Å². The van der Waals surface area contributed by atoms with E-state index in [1.807, 2.05) is 56.4 Å². The van der Waals surface area contributed by atoms with Crippen LogP contribution >= 0.6 is 11.8 Å². The number of para-hydroxylation sites is 2. The summed E-state index contributed by atoms with van der Waals surface area (Å²) < 4.78 is 17.4. The van der Waals surface area contributed by atoms with Gasteiger partial charge in [-0.1, -0.05) is 42.1 Å². The molecule has 0 aliphatic rings. The molecule has 5 nitrogen and oxygen atoms in total. The minimum atomic E-state index is -0.258. The van der Waals surface area contributed by atoms with Crippen molar-refractivity contribution in [2.45, 2.75) is 39.4 Å². The number of aromatic nitrogens is 4. The van der Waals surface area contributed by atoms with Crippen molar-refractivity contribution in [1.29, 1.82) is 0 Å². The van der Waals surface area contributed by atoms with Crippen molar-refractivity contribution in [3.63, 3.8) is 0 Å². The number of thioether (sulfide) groups is 1. The van der Waals surface area contributed by atoms with Gasteiger partial charge >= 0.3 is 0 Å². The maximum Gasteiger partial charge on any atom is 0.237 e. The fourth-order valence-electron chi connectivity index (χ4n) is 4.50. The molecule has 34 heavy (non-hydrogen) atoms. The van der Waals surface area contributed by atoms with Crippen LogP contribution < -0.4 is 0 Å². The van der Waals surface area contributed by atoms with Gasteiger partial charge in [-0.15, -0.1) is 10.2 Å². The van der Waals surface area contributed by atoms with Gasteiger partial charge in [-0.3, -0.25) is 9.20 Å². The monoisotopic (exact) mass is 472 g/mol. The number of rotatable bonds is 6. The van der Waals surface area contributed by atoms with Crippen molar-refractivity contribution >= 4 is 34.4 Å². The van der Waals surface area contributed by atoms with E-state index in [4.69, 9.17) is 0 Å². The zero-order valence-corrected chi connectivity index (χ0v) is 20.4. The van der Waals surface area contributed by atoms with E-state index in [9.17, 15) is 9.18 Å². The number of halogens is 1. The van der Waals surface area contributed by atoms with E-state index < -0.39 is 0 Å². The first-order chi connectivity index (χ1) is 16.3. The van der Waals surface area contributed by atoms with Gasteiger partial charge in [0.15, 0.2) is 10.9 Å². The highest BCUT2D eigenvalue weighted by Crippen LogP contribution is 2.29. The molecule has 0 saturated carbocycles. The van der Waals surface area contributed by atoms with Crippen LogP contribution in [0.25, 0.3) is 16.8 Å². The number of fused-ring (bicyclic) bond motifs is 3. The largest absolute Gasteiger partial charge is 0.304 e. The summed E-state index contributed by atoms with van der Waals surface area (Å²) in [5.41, 5.74) is 8.09.